The van der Waals surface area contributed by atoms with E-state index in [-0.39, 0.29) is 6.04 Å². The minimum Gasteiger partial charge on any atom is -0.326 e. The number of hydrogen-bond donors (Lipinski definition) is 1. The second-order valence-electron chi connectivity index (χ2n) is 4.46. The van der Waals surface area contributed by atoms with Crippen LogP contribution in [0.3, 0.4) is 0 Å². The van der Waals surface area contributed by atoms with Crippen molar-refractivity contribution in [3.8, 4) is 0 Å². The molecule has 96 valence electrons. The average molecular weight is 272 g/mol. The summed E-state index contributed by atoms with van der Waals surface area (Å²) in [6.07, 6.45) is 0.972. The molecule has 1 aromatic rings. The van der Waals surface area contributed by atoms with E-state index in [4.69, 9.17) is 5.73 Å². The zero-order valence-electron chi connectivity index (χ0n) is 10.2. The standard InChI is InChI=1S/C12H20N2OS2/c1-2-11(13)12(10-3-6-16-9-10)14-4-7-17(15)8-5-14/h3,6,9,11-12H,2,4-5,7-8,13H2,1H3. The number of rotatable bonds is 4. The van der Waals surface area contributed by atoms with E-state index in [1.54, 1.807) is 11.3 Å². The molecule has 3 nitrogen and oxygen atoms in total. The summed E-state index contributed by atoms with van der Waals surface area (Å²) < 4.78 is 11.4. The van der Waals surface area contributed by atoms with Crippen LogP contribution < -0.4 is 5.73 Å². The molecule has 1 fully saturated rings. The van der Waals surface area contributed by atoms with Crippen molar-refractivity contribution in [2.45, 2.75) is 25.4 Å². The highest BCUT2D eigenvalue weighted by molar-refractivity contribution is 7.85. The Morgan fingerprint density at radius 3 is 2.76 bits per heavy atom. The van der Waals surface area contributed by atoms with Crippen LogP contribution in [0.15, 0.2) is 16.8 Å². The van der Waals surface area contributed by atoms with Crippen LogP contribution in [-0.4, -0.2) is 39.7 Å². The first kappa shape index (κ1) is 13.2. The summed E-state index contributed by atoms with van der Waals surface area (Å²) >= 11 is 1.72. The van der Waals surface area contributed by atoms with Gasteiger partial charge < -0.3 is 5.73 Å². The predicted molar refractivity (Wildman–Crippen MR) is 74.8 cm³/mol. The van der Waals surface area contributed by atoms with Gasteiger partial charge in [-0.3, -0.25) is 9.11 Å². The molecule has 0 amide bonds. The van der Waals surface area contributed by atoms with Gasteiger partial charge in [-0.1, -0.05) is 6.92 Å². The third-order valence-electron chi connectivity index (χ3n) is 3.37. The normalized spacial score (nSPS) is 22.5. The Balaban J connectivity index is 2.13. The van der Waals surface area contributed by atoms with Gasteiger partial charge in [-0.15, -0.1) is 0 Å². The lowest BCUT2D eigenvalue weighted by Gasteiger charge is -2.37. The Labute approximate surface area is 109 Å². The maximum Gasteiger partial charge on any atom is 0.0507 e. The Kier molecular flexibility index (Phi) is 4.73. The van der Waals surface area contributed by atoms with E-state index in [1.165, 1.54) is 5.56 Å². The molecule has 17 heavy (non-hydrogen) atoms. The molecule has 0 aromatic carbocycles. The van der Waals surface area contributed by atoms with Crippen molar-refractivity contribution in [3.05, 3.63) is 22.4 Å². The predicted octanol–water partition coefficient (Wildman–Crippen LogP) is 1.59. The van der Waals surface area contributed by atoms with Gasteiger partial charge in [-0.05, 0) is 28.8 Å². The fourth-order valence-electron chi connectivity index (χ4n) is 2.33. The van der Waals surface area contributed by atoms with Gasteiger partial charge in [0.05, 0.1) is 6.04 Å². The van der Waals surface area contributed by atoms with Gasteiger partial charge in [-0.2, -0.15) is 11.3 Å². The van der Waals surface area contributed by atoms with Gasteiger partial charge in [0.2, 0.25) is 0 Å². The number of nitrogens with zero attached hydrogens (tertiary/aromatic N) is 1. The molecule has 2 N–H and O–H groups in total. The minimum absolute atomic E-state index is 0.163. The molecule has 0 aliphatic carbocycles. The zero-order valence-corrected chi connectivity index (χ0v) is 11.8. The van der Waals surface area contributed by atoms with Gasteiger partial charge >= 0.3 is 0 Å². The molecule has 1 saturated heterocycles. The lowest BCUT2D eigenvalue weighted by atomic mass is 9.99. The fourth-order valence-corrected chi connectivity index (χ4v) is 4.10. The highest BCUT2D eigenvalue weighted by atomic mass is 32.2. The summed E-state index contributed by atoms with van der Waals surface area (Å²) in [7, 11) is -0.619. The van der Waals surface area contributed by atoms with Crippen molar-refractivity contribution in [2.24, 2.45) is 5.73 Å². The van der Waals surface area contributed by atoms with Gasteiger partial charge in [0.25, 0.3) is 0 Å². The van der Waals surface area contributed by atoms with Gasteiger partial charge in [0.1, 0.15) is 0 Å². The fraction of sp³-hybridized carbons (Fsp3) is 0.667. The van der Waals surface area contributed by atoms with Crippen LogP contribution in [0.4, 0.5) is 0 Å². The largest absolute Gasteiger partial charge is 0.326 e. The zero-order chi connectivity index (χ0) is 12.3. The smallest absolute Gasteiger partial charge is 0.0507 e. The number of thiophene rings is 1. The maximum atomic E-state index is 11.4. The summed E-state index contributed by atoms with van der Waals surface area (Å²) in [6.45, 7) is 3.94. The summed E-state index contributed by atoms with van der Waals surface area (Å²) in [4.78, 5) is 2.40. The Hall–Kier alpha value is -0.230. The first-order valence-corrected chi connectivity index (χ1v) is 8.52. The third-order valence-corrected chi connectivity index (χ3v) is 5.34. The molecule has 1 aromatic heterocycles. The van der Waals surface area contributed by atoms with Gasteiger partial charge in [0.15, 0.2) is 0 Å². The van der Waals surface area contributed by atoms with Crippen LogP contribution in [0, 0.1) is 0 Å². The summed E-state index contributed by atoms with van der Waals surface area (Å²) in [5.41, 5.74) is 7.58. The molecule has 2 heterocycles. The lowest BCUT2D eigenvalue weighted by molar-refractivity contribution is 0.185. The van der Waals surface area contributed by atoms with Crippen LogP contribution in [0.2, 0.25) is 0 Å². The lowest BCUT2D eigenvalue weighted by Crippen LogP contribution is -2.46. The summed E-state index contributed by atoms with van der Waals surface area (Å²) in [6, 6.07) is 2.62. The van der Waals surface area contributed by atoms with Crippen LogP contribution in [0.5, 0.6) is 0 Å². The van der Waals surface area contributed by atoms with Crippen LogP contribution in [0.25, 0.3) is 0 Å². The van der Waals surface area contributed by atoms with Gasteiger partial charge in [-0.25, -0.2) is 0 Å². The Bertz CT molecular complexity index is 357. The molecular weight excluding hydrogens is 252 g/mol. The second kappa shape index (κ2) is 6.09. The van der Waals surface area contributed by atoms with E-state index in [1.807, 2.05) is 0 Å². The first-order chi connectivity index (χ1) is 8.22. The van der Waals surface area contributed by atoms with Crippen molar-refractivity contribution in [3.63, 3.8) is 0 Å². The molecular formula is C12H20N2OS2. The highest BCUT2D eigenvalue weighted by Gasteiger charge is 2.28. The molecule has 5 heteroatoms. The SMILES string of the molecule is CCC(N)C(c1ccsc1)N1CCS(=O)CC1. The van der Waals surface area contributed by atoms with E-state index >= 15 is 0 Å². The number of hydrogen-bond acceptors (Lipinski definition) is 4. The van der Waals surface area contributed by atoms with E-state index in [0.29, 0.717) is 6.04 Å². The van der Waals surface area contributed by atoms with Crippen LogP contribution in [-0.2, 0) is 10.8 Å². The molecule has 0 radical (unpaired) electrons. The van der Waals surface area contributed by atoms with E-state index < -0.39 is 10.8 Å². The van der Waals surface area contributed by atoms with Crippen molar-refractivity contribution in [1.29, 1.82) is 0 Å². The Morgan fingerprint density at radius 2 is 2.24 bits per heavy atom. The molecule has 2 unspecified atom stereocenters. The quantitative estimate of drug-likeness (QED) is 0.905. The van der Waals surface area contributed by atoms with Gasteiger partial charge in [0, 0.05) is 41.4 Å². The minimum atomic E-state index is -0.619. The Morgan fingerprint density at radius 1 is 1.53 bits per heavy atom. The second-order valence-corrected chi connectivity index (χ2v) is 6.93. The number of nitrogens with two attached hydrogens (primary N) is 1. The van der Waals surface area contributed by atoms with Crippen molar-refractivity contribution in [1.82, 2.24) is 4.90 Å². The average Bonchev–Trinajstić information content (AvgIpc) is 2.85. The molecule has 1 aliphatic rings. The topological polar surface area (TPSA) is 46.3 Å². The summed E-state index contributed by atoms with van der Waals surface area (Å²) in [5, 5.41) is 4.29. The maximum absolute atomic E-state index is 11.4. The monoisotopic (exact) mass is 272 g/mol. The molecule has 2 rings (SSSR count). The molecule has 1 aliphatic heterocycles. The van der Waals surface area contributed by atoms with Crippen LogP contribution >= 0.6 is 11.3 Å². The van der Waals surface area contributed by atoms with Crippen LogP contribution in [0.1, 0.15) is 24.9 Å². The first-order valence-electron chi connectivity index (χ1n) is 6.09. The molecule has 0 spiro atoms. The van der Waals surface area contributed by atoms with Crippen molar-refractivity contribution >= 4 is 22.1 Å². The van der Waals surface area contributed by atoms with E-state index in [9.17, 15) is 4.21 Å². The third kappa shape index (κ3) is 3.16. The van der Waals surface area contributed by atoms with E-state index in [2.05, 4.69) is 28.7 Å². The molecule has 2 atom stereocenters. The molecule has 0 saturated carbocycles. The van der Waals surface area contributed by atoms with Crippen molar-refractivity contribution in [2.75, 3.05) is 24.6 Å². The summed E-state index contributed by atoms with van der Waals surface area (Å²) in [5.74, 6) is 1.58. The van der Waals surface area contributed by atoms with Crippen molar-refractivity contribution < 1.29 is 4.21 Å². The highest BCUT2D eigenvalue weighted by Crippen LogP contribution is 2.27. The van der Waals surface area contributed by atoms with E-state index in [0.717, 1.165) is 31.0 Å². The molecule has 0 bridgehead atoms.